The summed E-state index contributed by atoms with van der Waals surface area (Å²) in [6.07, 6.45) is 7.15. The summed E-state index contributed by atoms with van der Waals surface area (Å²) in [5.41, 5.74) is 2.21. The molecule has 2 heterocycles. The molecular formula is C22H30ClI4N4-. The van der Waals surface area contributed by atoms with Crippen LogP contribution in [-0.2, 0) is 0 Å². The van der Waals surface area contributed by atoms with Crippen LogP contribution in [0.25, 0.3) is 11.1 Å². The van der Waals surface area contributed by atoms with Gasteiger partial charge in [0.05, 0.1) is 5.02 Å². The number of halogens is 5. The Morgan fingerprint density at radius 1 is 1.23 bits per heavy atom. The van der Waals surface area contributed by atoms with Gasteiger partial charge in [0.2, 0.25) is 0 Å². The number of unbranched alkanes of at least 4 members (excludes halogenated alkanes) is 1. The maximum absolute atomic E-state index is 6.29. The fraction of sp³-hybridized carbons (Fsp3) is 0.500. The molecule has 2 aromatic rings. The molecule has 31 heavy (non-hydrogen) atoms. The first-order valence-corrected chi connectivity index (χ1v) is 27.6. The van der Waals surface area contributed by atoms with E-state index < -0.39 is 11.9 Å². The van der Waals surface area contributed by atoms with Gasteiger partial charge in [0, 0.05) is 3.57 Å². The Hall–Kier alpha value is 1.30. The predicted molar refractivity (Wildman–Crippen MR) is 156 cm³/mol. The van der Waals surface area contributed by atoms with Gasteiger partial charge in [-0.05, 0) is 28.7 Å². The van der Waals surface area contributed by atoms with Crippen molar-refractivity contribution < 1.29 is 17.5 Å². The molecule has 0 N–H and O–H groups in total. The van der Waals surface area contributed by atoms with Crippen molar-refractivity contribution in [2.24, 2.45) is 0 Å². The van der Waals surface area contributed by atoms with Crippen molar-refractivity contribution in [1.29, 1.82) is 0 Å². The second-order valence-corrected chi connectivity index (χ2v) is 42.1. The SMILES string of the molecule is CCCCN([I-]I(C)I)C1CCN(N(C)c2ccc(-c3ccc(I)c(Cl)c3)cn2)CC1. The van der Waals surface area contributed by atoms with Gasteiger partial charge in [-0.25, -0.2) is 0 Å². The van der Waals surface area contributed by atoms with Crippen LogP contribution in [0.5, 0.6) is 0 Å². The van der Waals surface area contributed by atoms with E-state index in [1.165, 1.54) is 32.2 Å². The van der Waals surface area contributed by atoms with Crippen molar-refractivity contribution in [2.45, 2.75) is 38.6 Å². The van der Waals surface area contributed by atoms with Crippen LogP contribution in [0.4, 0.5) is 5.82 Å². The van der Waals surface area contributed by atoms with Crippen molar-refractivity contribution in [1.82, 2.24) is 13.1 Å². The number of hydrazine groups is 1. The molecule has 1 fully saturated rings. The molecule has 4 nitrogen and oxygen atoms in total. The number of anilines is 1. The normalized spacial score (nSPS) is 16.2. The molecule has 1 aromatic heterocycles. The summed E-state index contributed by atoms with van der Waals surface area (Å²) in [6.45, 7) is 5.86. The van der Waals surface area contributed by atoms with E-state index >= 15 is 0 Å². The van der Waals surface area contributed by atoms with Crippen molar-refractivity contribution >= 4 is 70.5 Å². The molecule has 0 radical (unpaired) electrons. The third kappa shape index (κ3) is 7.91. The molecule has 0 amide bonds. The second kappa shape index (κ2) is 13.4. The van der Waals surface area contributed by atoms with E-state index in [0.717, 1.165) is 44.7 Å². The average Bonchev–Trinajstić information content (AvgIpc) is 2.78. The van der Waals surface area contributed by atoms with Crippen LogP contribution in [0.1, 0.15) is 32.6 Å². The Morgan fingerprint density at radius 3 is 2.52 bits per heavy atom. The van der Waals surface area contributed by atoms with Crippen molar-refractivity contribution in [2.75, 3.05) is 36.6 Å². The summed E-state index contributed by atoms with van der Waals surface area (Å²) < 4.78 is 3.98. The van der Waals surface area contributed by atoms with Crippen LogP contribution in [0.2, 0.25) is 5.02 Å². The molecule has 9 heteroatoms. The zero-order valence-corrected chi connectivity index (χ0v) is 27.6. The first-order chi connectivity index (χ1) is 14.9. The summed E-state index contributed by atoms with van der Waals surface area (Å²) in [5, 5.41) is 5.49. The quantitative estimate of drug-likeness (QED) is 0.213. The van der Waals surface area contributed by atoms with E-state index in [-0.39, 0.29) is 17.5 Å². The Labute approximate surface area is 229 Å². The molecular weight excluding hydrogens is 863 g/mol. The van der Waals surface area contributed by atoms with E-state index in [4.69, 9.17) is 16.6 Å². The van der Waals surface area contributed by atoms with Gasteiger partial charge in [-0.1, -0.05) is 11.6 Å². The Balaban J connectivity index is 1.59. The molecule has 0 unspecified atom stereocenters. The van der Waals surface area contributed by atoms with E-state index in [1.807, 2.05) is 12.3 Å². The molecule has 0 bridgehead atoms. The molecule has 0 atom stereocenters. The van der Waals surface area contributed by atoms with E-state index in [2.05, 4.69) is 97.5 Å². The number of hydrogen-bond acceptors (Lipinski definition) is 4. The van der Waals surface area contributed by atoms with Gasteiger partial charge in [0.15, 0.2) is 0 Å². The molecule has 0 spiro atoms. The Kier molecular flexibility index (Phi) is 11.6. The molecule has 0 aliphatic carbocycles. The number of hydrogen-bond donors (Lipinski definition) is 0. The van der Waals surface area contributed by atoms with Gasteiger partial charge in [-0.2, -0.15) is 0 Å². The predicted octanol–water partition coefficient (Wildman–Crippen LogP) is 4.33. The number of alkyl halides is 1. The number of rotatable bonds is 9. The van der Waals surface area contributed by atoms with Gasteiger partial charge in [-0.15, -0.1) is 0 Å². The number of piperidine rings is 1. The molecule has 174 valence electrons. The summed E-state index contributed by atoms with van der Waals surface area (Å²) in [5.74, 6) is 1.00. The monoisotopic (exact) mass is 893 g/mol. The van der Waals surface area contributed by atoms with E-state index in [1.54, 1.807) is 0 Å². The molecule has 1 aliphatic rings. The number of nitrogens with zero attached hydrogens (tertiary/aromatic N) is 4. The summed E-state index contributed by atoms with van der Waals surface area (Å²) in [4.78, 5) is 7.28. The van der Waals surface area contributed by atoms with Crippen LogP contribution < -0.4 is 22.5 Å². The first-order valence-electron chi connectivity index (χ1n) is 10.5. The summed E-state index contributed by atoms with van der Waals surface area (Å²) in [6, 6.07) is 11.2. The first kappa shape index (κ1) is 26.9. The fourth-order valence-corrected chi connectivity index (χ4v) is 21.7. The molecule has 3 rings (SSSR count). The van der Waals surface area contributed by atoms with Crippen molar-refractivity contribution in [3.8, 4) is 11.1 Å². The zero-order chi connectivity index (χ0) is 22.4. The van der Waals surface area contributed by atoms with Crippen LogP contribution in [0, 0.1) is 3.57 Å². The minimum absolute atomic E-state index is 0.278. The number of pyridine rings is 1. The van der Waals surface area contributed by atoms with Gasteiger partial charge in [0.25, 0.3) is 0 Å². The Bertz CT molecular complexity index is 829. The standard InChI is InChI=1S/C22H30ClI4N4/c1-4-5-12-31(26-27(2)25)19-10-13-30(14-11-19)29(3)22-9-7-18(16-28-22)17-6-8-21(24)20(23)15-17/h6-9,15-16,19H,4-5,10-14H2,1-3H3/q-1. The molecule has 0 saturated carbocycles. The second-order valence-electron chi connectivity index (χ2n) is 7.62. The summed E-state index contributed by atoms with van der Waals surface area (Å²) in [7, 11) is 2.15. The van der Waals surface area contributed by atoms with Crippen LogP contribution in [0.3, 0.4) is 0 Å². The van der Waals surface area contributed by atoms with Crippen molar-refractivity contribution in [3.63, 3.8) is 0 Å². The van der Waals surface area contributed by atoms with Crippen LogP contribution in [-0.4, -0.2) is 50.8 Å². The van der Waals surface area contributed by atoms with Gasteiger partial charge >= 0.3 is 184 Å². The minimum atomic E-state index is -0.668. The topological polar surface area (TPSA) is 22.6 Å². The van der Waals surface area contributed by atoms with Gasteiger partial charge < -0.3 is 0 Å². The van der Waals surface area contributed by atoms with Gasteiger partial charge in [0.1, 0.15) is 0 Å². The maximum atomic E-state index is 6.29. The van der Waals surface area contributed by atoms with Crippen LogP contribution in [0.15, 0.2) is 36.5 Å². The van der Waals surface area contributed by atoms with E-state index in [9.17, 15) is 0 Å². The van der Waals surface area contributed by atoms with E-state index in [0.29, 0.717) is 0 Å². The third-order valence-electron chi connectivity index (χ3n) is 5.49. The Morgan fingerprint density at radius 2 is 1.94 bits per heavy atom. The molecule has 1 aliphatic heterocycles. The van der Waals surface area contributed by atoms with Gasteiger partial charge in [-0.3, -0.25) is 0 Å². The van der Waals surface area contributed by atoms with Crippen molar-refractivity contribution in [3.05, 3.63) is 45.1 Å². The van der Waals surface area contributed by atoms with Crippen LogP contribution >= 0.6 is 64.7 Å². The molecule has 1 aromatic carbocycles. The third-order valence-corrected chi connectivity index (χ3v) is 22.0. The average molecular weight is 894 g/mol. The fourth-order valence-electron chi connectivity index (χ4n) is 3.69. The zero-order valence-electron chi connectivity index (χ0n) is 18.2. The molecule has 1 saturated heterocycles. The number of aromatic nitrogens is 1. The number of benzene rings is 1. The summed E-state index contributed by atoms with van der Waals surface area (Å²) >= 11 is 10.9.